The zero-order valence-electron chi connectivity index (χ0n) is 12.3. The van der Waals surface area contributed by atoms with E-state index in [0.717, 1.165) is 24.4 Å². The van der Waals surface area contributed by atoms with Crippen LogP contribution in [0, 0.1) is 5.41 Å². The van der Waals surface area contributed by atoms with Crippen LogP contribution in [-0.4, -0.2) is 27.4 Å². The van der Waals surface area contributed by atoms with Gasteiger partial charge in [0.1, 0.15) is 0 Å². The van der Waals surface area contributed by atoms with Crippen molar-refractivity contribution < 1.29 is 9.31 Å². The largest absolute Gasteiger partial charge is 0.494 e. The molecule has 0 spiro atoms. The highest BCUT2D eigenvalue weighted by atomic mass is 16.6. The monoisotopic (exact) mass is 269 g/mol. The SMILES string of the molecule is CNc1cccc2c(B3OCC(C)(C)CO3)cccc12. The first-order valence-corrected chi connectivity index (χ1v) is 7.03. The second-order valence-corrected chi connectivity index (χ2v) is 6.12. The van der Waals surface area contributed by atoms with E-state index in [-0.39, 0.29) is 12.5 Å². The summed E-state index contributed by atoms with van der Waals surface area (Å²) in [6.45, 7) is 5.76. The first-order chi connectivity index (χ1) is 9.61. The van der Waals surface area contributed by atoms with Gasteiger partial charge in [0.2, 0.25) is 0 Å². The van der Waals surface area contributed by atoms with E-state index in [0.29, 0.717) is 0 Å². The van der Waals surface area contributed by atoms with E-state index in [2.05, 4.69) is 55.6 Å². The third-order valence-corrected chi connectivity index (χ3v) is 3.73. The summed E-state index contributed by atoms with van der Waals surface area (Å²) in [5.74, 6) is 0. The summed E-state index contributed by atoms with van der Waals surface area (Å²) in [4.78, 5) is 0. The molecule has 3 rings (SSSR count). The average Bonchev–Trinajstić information content (AvgIpc) is 2.46. The van der Waals surface area contributed by atoms with Crippen LogP contribution in [-0.2, 0) is 9.31 Å². The molecule has 104 valence electrons. The molecule has 1 aliphatic heterocycles. The third-order valence-electron chi connectivity index (χ3n) is 3.73. The van der Waals surface area contributed by atoms with Gasteiger partial charge in [-0.2, -0.15) is 0 Å². The molecule has 3 nitrogen and oxygen atoms in total. The number of benzene rings is 2. The normalized spacial score (nSPS) is 18.2. The minimum Gasteiger partial charge on any atom is -0.407 e. The Balaban J connectivity index is 2.00. The van der Waals surface area contributed by atoms with Crippen molar-refractivity contribution in [1.29, 1.82) is 0 Å². The van der Waals surface area contributed by atoms with Gasteiger partial charge in [0.25, 0.3) is 0 Å². The topological polar surface area (TPSA) is 30.5 Å². The Kier molecular flexibility index (Phi) is 3.44. The van der Waals surface area contributed by atoms with Gasteiger partial charge in [0.15, 0.2) is 0 Å². The predicted molar refractivity (Wildman–Crippen MR) is 84.6 cm³/mol. The van der Waals surface area contributed by atoms with Gasteiger partial charge in [-0.15, -0.1) is 0 Å². The maximum Gasteiger partial charge on any atom is 0.494 e. The molecule has 0 bridgehead atoms. The highest BCUT2D eigenvalue weighted by Gasteiger charge is 2.34. The Morgan fingerprint density at radius 1 is 1.00 bits per heavy atom. The summed E-state index contributed by atoms with van der Waals surface area (Å²) in [6, 6.07) is 12.5. The molecule has 0 amide bonds. The van der Waals surface area contributed by atoms with Gasteiger partial charge in [0.05, 0.1) is 0 Å². The van der Waals surface area contributed by atoms with Crippen molar-refractivity contribution in [3.8, 4) is 0 Å². The van der Waals surface area contributed by atoms with Crippen molar-refractivity contribution in [2.24, 2.45) is 5.41 Å². The first-order valence-electron chi connectivity index (χ1n) is 7.03. The molecule has 1 fully saturated rings. The van der Waals surface area contributed by atoms with E-state index in [9.17, 15) is 0 Å². The van der Waals surface area contributed by atoms with Crippen LogP contribution < -0.4 is 10.8 Å². The average molecular weight is 269 g/mol. The Morgan fingerprint density at radius 2 is 1.65 bits per heavy atom. The Hall–Kier alpha value is -1.52. The van der Waals surface area contributed by atoms with Crippen LogP contribution in [0.5, 0.6) is 0 Å². The number of fused-ring (bicyclic) bond motifs is 1. The molecule has 1 saturated heterocycles. The number of nitrogens with one attached hydrogen (secondary N) is 1. The molecule has 0 atom stereocenters. The van der Waals surface area contributed by atoms with Crippen LogP contribution in [0.3, 0.4) is 0 Å². The molecule has 4 heteroatoms. The Bertz CT molecular complexity index is 617. The summed E-state index contributed by atoms with van der Waals surface area (Å²) in [6.07, 6.45) is 0. The quantitative estimate of drug-likeness (QED) is 0.850. The molecular weight excluding hydrogens is 249 g/mol. The fourth-order valence-corrected chi connectivity index (χ4v) is 2.63. The summed E-state index contributed by atoms with van der Waals surface area (Å²) in [7, 11) is 1.68. The van der Waals surface area contributed by atoms with Crippen molar-refractivity contribution in [3.05, 3.63) is 36.4 Å². The summed E-state index contributed by atoms with van der Waals surface area (Å²) in [5.41, 5.74) is 2.33. The second kappa shape index (κ2) is 5.11. The molecule has 0 unspecified atom stereocenters. The molecule has 0 radical (unpaired) electrons. The predicted octanol–water partition coefficient (Wildman–Crippen LogP) is 2.65. The maximum atomic E-state index is 5.92. The van der Waals surface area contributed by atoms with Gasteiger partial charge >= 0.3 is 7.12 Å². The minimum absolute atomic E-state index is 0.0945. The molecule has 1 heterocycles. The minimum atomic E-state index is -0.265. The molecule has 0 aromatic heterocycles. The van der Waals surface area contributed by atoms with E-state index in [4.69, 9.17) is 9.31 Å². The van der Waals surface area contributed by atoms with E-state index in [1.807, 2.05) is 7.05 Å². The van der Waals surface area contributed by atoms with Gasteiger partial charge in [-0.05, 0) is 16.9 Å². The van der Waals surface area contributed by atoms with E-state index in [1.165, 1.54) is 10.8 Å². The van der Waals surface area contributed by atoms with E-state index >= 15 is 0 Å². The van der Waals surface area contributed by atoms with Crippen LogP contribution >= 0.6 is 0 Å². The smallest absolute Gasteiger partial charge is 0.407 e. The standard InChI is InChI=1S/C16H20BNO2/c1-16(2)10-19-17(20-11-16)14-8-4-7-13-12(14)6-5-9-15(13)18-3/h4-9,18H,10-11H2,1-3H3. The lowest BCUT2D eigenvalue weighted by Crippen LogP contribution is -2.47. The number of hydrogen-bond donors (Lipinski definition) is 1. The van der Waals surface area contributed by atoms with Crippen LogP contribution in [0.1, 0.15) is 13.8 Å². The third kappa shape index (κ3) is 2.41. The lowest BCUT2D eigenvalue weighted by Gasteiger charge is -2.33. The maximum absolute atomic E-state index is 5.92. The zero-order chi connectivity index (χ0) is 14.2. The van der Waals surface area contributed by atoms with E-state index in [1.54, 1.807) is 0 Å². The van der Waals surface area contributed by atoms with Crippen molar-refractivity contribution in [3.63, 3.8) is 0 Å². The van der Waals surface area contributed by atoms with Crippen LogP contribution in [0.4, 0.5) is 5.69 Å². The van der Waals surface area contributed by atoms with Crippen molar-refractivity contribution in [1.82, 2.24) is 0 Å². The molecular formula is C16H20BNO2. The lowest BCUT2D eigenvalue weighted by atomic mass is 9.73. The molecule has 1 aliphatic rings. The fourth-order valence-electron chi connectivity index (χ4n) is 2.63. The van der Waals surface area contributed by atoms with Gasteiger partial charge in [-0.25, -0.2) is 0 Å². The van der Waals surface area contributed by atoms with Crippen molar-refractivity contribution in [2.45, 2.75) is 13.8 Å². The van der Waals surface area contributed by atoms with Gasteiger partial charge < -0.3 is 14.6 Å². The molecule has 2 aromatic rings. The number of hydrogen-bond acceptors (Lipinski definition) is 3. The molecule has 20 heavy (non-hydrogen) atoms. The second-order valence-electron chi connectivity index (χ2n) is 6.12. The molecule has 0 aliphatic carbocycles. The summed E-state index contributed by atoms with van der Waals surface area (Å²) in [5, 5.41) is 5.61. The zero-order valence-corrected chi connectivity index (χ0v) is 12.3. The lowest BCUT2D eigenvalue weighted by molar-refractivity contribution is 0.0344. The summed E-state index contributed by atoms with van der Waals surface area (Å²) >= 11 is 0. The van der Waals surface area contributed by atoms with Crippen molar-refractivity contribution >= 4 is 29.0 Å². The van der Waals surface area contributed by atoms with Crippen LogP contribution in [0.15, 0.2) is 36.4 Å². The summed E-state index contributed by atoms with van der Waals surface area (Å²) < 4.78 is 11.8. The fraction of sp³-hybridized carbons (Fsp3) is 0.375. The molecule has 0 saturated carbocycles. The van der Waals surface area contributed by atoms with Gasteiger partial charge in [-0.3, -0.25) is 0 Å². The van der Waals surface area contributed by atoms with Gasteiger partial charge in [0, 0.05) is 36.8 Å². The van der Waals surface area contributed by atoms with Crippen LogP contribution in [0.2, 0.25) is 0 Å². The van der Waals surface area contributed by atoms with Crippen LogP contribution in [0.25, 0.3) is 10.8 Å². The highest BCUT2D eigenvalue weighted by molar-refractivity contribution is 6.64. The Labute approximate surface area is 120 Å². The van der Waals surface area contributed by atoms with E-state index < -0.39 is 0 Å². The molecule has 2 aromatic carbocycles. The van der Waals surface area contributed by atoms with Crippen molar-refractivity contribution in [2.75, 3.05) is 25.6 Å². The first kappa shape index (κ1) is 13.5. The number of rotatable bonds is 2. The van der Waals surface area contributed by atoms with Gasteiger partial charge in [-0.1, -0.05) is 44.2 Å². The Morgan fingerprint density at radius 3 is 2.35 bits per heavy atom. The molecule has 1 N–H and O–H groups in total. The number of anilines is 1. The highest BCUT2D eigenvalue weighted by Crippen LogP contribution is 2.25.